The van der Waals surface area contributed by atoms with Crippen LogP contribution in [0.2, 0.25) is 0 Å². The van der Waals surface area contributed by atoms with Crippen LogP contribution in [-0.2, 0) is 12.6 Å². The zero-order valence-electron chi connectivity index (χ0n) is 31.6. The Balaban J connectivity index is 0.000000186. The minimum absolute atomic E-state index is 0. The number of ether oxygens (including phenoxy) is 1. The zero-order valence-corrected chi connectivity index (χ0v) is 39.1. The molecular formula is C39H38IN8NaO2S4. The summed E-state index contributed by atoms with van der Waals surface area (Å²) in [4.78, 5) is 26.9. The Morgan fingerprint density at radius 1 is 0.691 bits per heavy atom. The number of nitrogens with zero attached hydrogens (tertiary/aromatic N) is 6. The summed E-state index contributed by atoms with van der Waals surface area (Å²) < 4.78 is 8.77. The molecule has 0 fully saturated rings. The van der Waals surface area contributed by atoms with Gasteiger partial charge in [-0.25, -0.2) is 29.9 Å². The van der Waals surface area contributed by atoms with Crippen molar-refractivity contribution in [3.05, 3.63) is 87.9 Å². The molecule has 0 unspecified atom stereocenters. The Labute approximate surface area is 373 Å². The molecule has 8 aromatic rings. The number of thioether (sulfide) groups is 1. The fraction of sp³-hybridized carbons (Fsp3) is 0.231. The molecule has 16 heteroatoms. The van der Waals surface area contributed by atoms with Crippen molar-refractivity contribution in [1.29, 1.82) is 0 Å². The van der Waals surface area contributed by atoms with Gasteiger partial charge in [-0.1, -0.05) is 41.5 Å². The van der Waals surface area contributed by atoms with Gasteiger partial charge in [0.15, 0.2) is 0 Å². The molecule has 8 rings (SSSR count). The van der Waals surface area contributed by atoms with Crippen LogP contribution >= 0.6 is 57.0 Å². The van der Waals surface area contributed by atoms with Gasteiger partial charge in [0.25, 0.3) is 0 Å². The number of phenols is 1. The molecule has 0 aliphatic rings. The molecule has 0 saturated heterocycles. The Morgan fingerprint density at radius 3 is 1.67 bits per heavy atom. The van der Waals surface area contributed by atoms with E-state index in [2.05, 4.69) is 90.0 Å². The molecule has 4 aromatic carbocycles. The van der Waals surface area contributed by atoms with Crippen molar-refractivity contribution in [2.75, 3.05) is 17.7 Å². The average molecular weight is 929 g/mol. The molecule has 4 heterocycles. The van der Waals surface area contributed by atoms with Crippen LogP contribution in [0.3, 0.4) is 0 Å². The number of aromatic nitrogens is 6. The normalized spacial score (nSPS) is 11.4. The van der Waals surface area contributed by atoms with Crippen molar-refractivity contribution in [2.24, 2.45) is 0 Å². The number of hydrogen-bond donors (Lipinski definition) is 3. The fourth-order valence-corrected chi connectivity index (χ4v) is 8.05. The summed E-state index contributed by atoms with van der Waals surface area (Å²) in [5.41, 5.74) is 9.05. The maximum absolute atomic E-state index is 10.3. The predicted octanol–water partition coefficient (Wildman–Crippen LogP) is 8.51. The second kappa shape index (κ2) is 18.5. The molecule has 10 nitrogen and oxygen atoms in total. The van der Waals surface area contributed by atoms with Crippen LogP contribution in [0.1, 0.15) is 41.5 Å². The van der Waals surface area contributed by atoms with E-state index in [1.807, 2.05) is 80.3 Å². The van der Waals surface area contributed by atoms with E-state index in [-0.39, 0.29) is 44.8 Å². The molecule has 0 radical (unpaired) electrons. The van der Waals surface area contributed by atoms with Crippen molar-refractivity contribution in [3.8, 4) is 11.5 Å². The van der Waals surface area contributed by atoms with Gasteiger partial charge < -0.3 is 33.1 Å². The molecule has 0 aliphatic heterocycles. The van der Waals surface area contributed by atoms with Gasteiger partial charge in [0.1, 0.15) is 35.8 Å². The molecule has 278 valence electrons. The summed E-state index contributed by atoms with van der Waals surface area (Å²) >= 11 is 11.9. The van der Waals surface area contributed by atoms with Crippen molar-refractivity contribution in [1.82, 2.24) is 29.9 Å². The first-order valence-electron chi connectivity index (χ1n) is 16.7. The summed E-state index contributed by atoms with van der Waals surface area (Å²) in [6.45, 7) is 12.4. The quantitative estimate of drug-likeness (QED) is 0.0640. The first kappa shape index (κ1) is 43.1. The van der Waals surface area contributed by atoms with E-state index in [4.69, 9.17) is 17.4 Å². The molecule has 0 bridgehead atoms. The smallest absolute Gasteiger partial charge is 0.787 e. The zero-order chi connectivity index (χ0) is 38.6. The summed E-state index contributed by atoms with van der Waals surface area (Å²) in [5.74, 6) is 2.53. The summed E-state index contributed by atoms with van der Waals surface area (Å²) in [6.07, 6.45) is 3.06. The van der Waals surface area contributed by atoms with E-state index in [0.717, 1.165) is 63.4 Å². The number of methoxy groups -OCH3 is 1. The predicted molar refractivity (Wildman–Crippen MR) is 239 cm³/mol. The first-order chi connectivity index (χ1) is 25.6. The molecule has 55 heavy (non-hydrogen) atoms. The monoisotopic (exact) mass is 928 g/mol. The van der Waals surface area contributed by atoms with Crippen molar-refractivity contribution < 1.29 is 39.4 Å². The maximum Gasteiger partial charge on any atom is 1.00 e. The number of halogens is 1. The van der Waals surface area contributed by atoms with Crippen molar-refractivity contribution in [3.63, 3.8) is 0 Å². The van der Waals surface area contributed by atoms with Crippen LogP contribution in [0, 0.1) is 3.57 Å². The largest absolute Gasteiger partial charge is 1.00 e. The molecule has 4 aromatic heterocycles. The third-order valence-electron chi connectivity index (χ3n) is 7.23. The second-order valence-electron chi connectivity index (χ2n) is 13.9. The Kier molecular flexibility index (Phi) is 14.5. The van der Waals surface area contributed by atoms with E-state index in [1.54, 1.807) is 53.9 Å². The van der Waals surface area contributed by atoms with E-state index in [9.17, 15) is 5.11 Å². The third kappa shape index (κ3) is 11.8. The minimum atomic E-state index is -0.00988. The van der Waals surface area contributed by atoms with E-state index in [1.165, 1.54) is 11.0 Å². The van der Waals surface area contributed by atoms with E-state index < -0.39 is 0 Å². The first-order valence-corrected chi connectivity index (χ1v) is 20.8. The van der Waals surface area contributed by atoms with Gasteiger partial charge in [0.05, 0.1) is 58.1 Å². The number of phenolic OH excluding ortho intramolecular Hbond substituents is 1. The number of benzene rings is 4. The number of nitrogens with one attached hydrogen (secondary N) is 2. The number of aromatic hydroxyl groups is 1. The Hall–Kier alpha value is -3.03. The average Bonchev–Trinajstić information content (AvgIpc) is 3.77. The van der Waals surface area contributed by atoms with Crippen LogP contribution in [0.15, 0.2) is 89.2 Å². The van der Waals surface area contributed by atoms with Crippen LogP contribution < -0.4 is 44.9 Å². The molecule has 0 atom stereocenters. The second-order valence-corrected chi connectivity index (χ2v) is 20.0. The van der Waals surface area contributed by atoms with E-state index in [0.29, 0.717) is 11.3 Å². The molecule has 0 amide bonds. The van der Waals surface area contributed by atoms with Crippen molar-refractivity contribution in [2.45, 2.75) is 55.9 Å². The van der Waals surface area contributed by atoms with E-state index >= 15 is 0 Å². The molecule has 3 N–H and O–H groups in total. The number of rotatable bonds is 6. The van der Waals surface area contributed by atoms with Crippen molar-refractivity contribution >= 4 is 135 Å². The molecular weight excluding hydrogens is 891 g/mol. The number of thiazole rings is 2. The Bertz CT molecular complexity index is 2570. The summed E-state index contributed by atoms with van der Waals surface area (Å²) in [6, 6.07) is 19.8. The van der Waals surface area contributed by atoms with Crippen LogP contribution in [0.25, 0.3) is 42.2 Å². The van der Waals surface area contributed by atoms with Gasteiger partial charge in [0.2, 0.25) is 0 Å². The van der Waals surface area contributed by atoms with Crippen LogP contribution in [-0.4, -0.2) is 51.6 Å². The Morgan fingerprint density at radius 2 is 1.18 bits per heavy atom. The standard InChI is InChI=1S/C19H18N4OS2.C16H11IN4OS.C4H10S.Na/c1-19(2,3)26-17-7-12-13(8-15(17)24)20-9-21-18(12)23-11-4-5-16-14(6-11)22-10-25-16;1-22-14-6-12-10(5-11(14)17)16(19-7-18-12)21-9-2-3-15-13(4-9)20-8-23-15;1-4(2,3)5;/h4-10,24H,1-3H3,(H,20,21,23);2-8H,1H3,(H,18,19,21);5H,1-3H3;/q;;;+1/p-1. The van der Waals surface area contributed by atoms with Gasteiger partial charge in [-0.3, -0.25) is 0 Å². The maximum atomic E-state index is 10.3. The molecule has 0 aliphatic carbocycles. The van der Waals surface area contributed by atoms with Crippen LogP contribution in [0.4, 0.5) is 23.0 Å². The number of fused-ring (bicyclic) bond motifs is 4. The topological polar surface area (TPSA) is 131 Å². The molecule has 0 spiro atoms. The van der Waals surface area contributed by atoms with Gasteiger partial charge >= 0.3 is 29.6 Å². The van der Waals surface area contributed by atoms with Gasteiger partial charge in [-0.2, -0.15) is 4.75 Å². The summed E-state index contributed by atoms with van der Waals surface area (Å²) in [7, 11) is 1.66. The fourth-order valence-electron chi connectivity index (χ4n) is 5.04. The number of hydrogen-bond acceptors (Lipinski definition) is 14. The summed E-state index contributed by atoms with van der Waals surface area (Å²) in [5, 5.41) is 18.9. The van der Waals surface area contributed by atoms with Gasteiger partial charge in [-0.15, -0.1) is 34.4 Å². The SMILES string of the molecule is CC(C)(C)Sc1cc2c(Nc3ccc4scnc4c3)ncnc2cc1O.CC(C)(C)[S-].COc1cc2ncnc(Nc3ccc4scnc4c3)c2cc1I.[Na+]. The third-order valence-corrected chi connectivity index (χ3v) is 10.8. The van der Waals surface area contributed by atoms with Gasteiger partial charge in [0, 0.05) is 39.0 Å². The van der Waals surface area contributed by atoms with Crippen LogP contribution in [0.5, 0.6) is 11.5 Å². The number of anilines is 4. The molecule has 0 saturated carbocycles. The van der Waals surface area contributed by atoms with Gasteiger partial charge in [-0.05, 0) is 71.1 Å². The minimum Gasteiger partial charge on any atom is -0.787 e.